The zero-order chi connectivity index (χ0) is 15.2. The average Bonchev–Trinajstić information content (AvgIpc) is 2.56. The molecule has 0 aliphatic rings. The first-order valence-electron chi connectivity index (χ1n) is 6.76. The Kier molecular flexibility index (Phi) is 5.53. The molecule has 0 amide bonds. The molecule has 0 fully saturated rings. The molecule has 3 nitrogen and oxygen atoms in total. The second-order valence-corrected chi connectivity index (χ2v) is 5.49. The predicted molar refractivity (Wildman–Crippen MR) is 88.7 cm³/mol. The minimum atomic E-state index is 0.126. The van der Waals surface area contributed by atoms with Crippen LogP contribution in [-0.2, 0) is 0 Å². The minimum Gasteiger partial charge on any atom is -0.493 e. The maximum absolute atomic E-state index is 5.39. The fourth-order valence-electron chi connectivity index (χ4n) is 2.35. The summed E-state index contributed by atoms with van der Waals surface area (Å²) in [5.41, 5.74) is 2.37. The van der Waals surface area contributed by atoms with Gasteiger partial charge in [-0.1, -0.05) is 18.2 Å². The van der Waals surface area contributed by atoms with E-state index in [-0.39, 0.29) is 6.04 Å². The van der Waals surface area contributed by atoms with Crippen LogP contribution in [-0.4, -0.2) is 27.5 Å². The summed E-state index contributed by atoms with van der Waals surface area (Å²) in [5, 5.41) is 3.36. The Morgan fingerprint density at radius 2 is 1.52 bits per heavy atom. The molecule has 2 rings (SSSR count). The van der Waals surface area contributed by atoms with Gasteiger partial charge in [0.15, 0.2) is 11.5 Å². The number of methoxy groups -OCH3 is 2. The molecule has 0 saturated heterocycles. The van der Waals surface area contributed by atoms with Gasteiger partial charge in [-0.15, -0.1) is 11.8 Å². The SMILES string of the molecule is CNC(c1ccc(SC)cc1)c1ccc(OC)c(OC)c1. The van der Waals surface area contributed by atoms with Crippen LogP contribution in [0.1, 0.15) is 17.2 Å². The Labute approximate surface area is 130 Å². The molecule has 0 aliphatic carbocycles. The van der Waals surface area contributed by atoms with Gasteiger partial charge in [0.2, 0.25) is 0 Å². The number of nitrogens with one attached hydrogen (secondary N) is 1. The van der Waals surface area contributed by atoms with E-state index < -0.39 is 0 Å². The molecule has 0 radical (unpaired) electrons. The van der Waals surface area contributed by atoms with Crippen LogP contribution in [0.25, 0.3) is 0 Å². The summed E-state index contributed by atoms with van der Waals surface area (Å²) >= 11 is 1.75. The van der Waals surface area contributed by atoms with E-state index in [1.54, 1.807) is 26.0 Å². The van der Waals surface area contributed by atoms with Crippen molar-refractivity contribution < 1.29 is 9.47 Å². The van der Waals surface area contributed by atoms with Gasteiger partial charge in [-0.2, -0.15) is 0 Å². The average molecular weight is 303 g/mol. The molecule has 2 aromatic carbocycles. The molecule has 1 unspecified atom stereocenters. The van der Waals surface area contributed by atoms with Gasteiger partial charge in [0, 0.05) is 4.90 Å². The van der Waals surface area contributed by atoms with E-state index in [1.165, 1.54) is 10.5 Å². The molecule has 21 heavy (non-hydrogen) atoms. The summed E-state index contributed by atoms with van der Waals surface area (Å²) in [7, 11) is 5.27. The normalized spacial score (nSPS) is 12.0. The van der Waals surface area contributed by atoms with Crippen molar-refractivity contribution in [3.05, 3.63) is 53.6 Å². The number of thioether (sulfide) groups is 1. The molecule has 4 heteroatoms. The monoisotopic (exact) mass is 303 g/mol. The standard InChI is InChI=1S/C17H21NO2S/c1-18-17(12-5-8-14(21-4)9-6-12)13-7-10-15(19-2)16(11-13)20-3/h5-11,17-18H,1-4H3. The number of benzene rings is 2. The molecular weight excluding hydrogens is 282 g/mol. The fourth-order valence-corrected chi connectivity index (χ4v) is 2.76. The zero-order valence-corrected chi connectivity index (χ0v) is 13.7. The number of ether oxygens (including phenoxy) is 2. The van der Waals surface area contributed by atoms with Crippen molar-refractivity contribution in [2.45, 2.75) is 10.9 Å². The first kappa shape index (κ1) is 15.7. The molecular formula is C17H21NO2S. The highest BCUT2D eigenvalue weighted by Gasteiger charge is 2.14. The summed E-state index contributed by atoms with van der Waals surface area (Å²) in [5.74, 6) is 1.49. The third-order valence-corrected chi connectivity index (χ3v) is 4.22. The summed E-state index contributed by atoms with van der Waals surface area (Å²) in [6.07, 6.45) is 2.08. The van der Waals surface area contributed by atoms with E-state index in [9.17, 15) is 0 Å². The van der Waals surface area contributed by atoms with Gasteiger partial charge in [0.25, 0.3) is 0 Å². The molecule has 1 N–H and O–H groups in total. The smallest absolute Gasteiger partial charge is 0.161 e. The third-order valence-electron chi connectivity index (χ3n) is 3.48. The van der Waals surface area contributed by atoms with Crippen LogP contribution in [0, 0.1) is 0 Å². The van der Waals surface area contributed by atoms with Gasteiger partial charge in [0.1, 0.15) is 0 Å². The number of hydrogen-bond acceptors (Lipinski definition) is 4. The molecule has 0 heterocycles. The molecule has 0 aromatic heterocycles. The summed E-state index contributed by atoms with van der Waals surface area (Å²) < 4.78 is 10.7. The maximum Gasteiger partial charge on any atom is 0.161 e. The van der Waals surface area contributed by atoms with Crippen molar-refractivity contribution in [1.29, 1.82) is 0 Å². The first-order valence-corrected chi connectivity index (χ1v) is 7.99. The Morgan fingerprint density at radius 1 is 0.905 bits per heavy atom. The third kappa shape index (κ3) is 3.52. The molecule has 0 aliphatic heterocycles. The zero-order valence-electron chi connectivity index (χ0n) is 12.8. The summed E-state index contributed by atoms with van der Waals surface area (Å²) in [4.78, 5) is 1.26. The van der Waals surface area contributed by atoms with Gasteiger partial charge >= 0.3 is 0 Å². The maximum atomic E-state index is 5.39. The summed E-state index contributed by atoms with van der Waals surface area (Å²) in [6, 6.07) is 14.7. The van der Waals surface area contributed by atoms with E-state index in [4.69, 9.17) is 9.47 Å². The van der Waals surface area contributed by atoms with E-state index in [0.29, 0.717) is 0 Å². The first-order chi connectivity index (χ1) is 10.2. The van der Waals surface area contributed by atoms with Gasteiger partial charge in [-0.25, -0.2) is 0 Å². The number of hydrogen-bond donors (Lipinski definition) is 1. The number of rotatable bonds is 6. The molecule has 1 atom stereocenters. The molecule has 2 aromatic rings. The fraction of sp³-hybridized carbons (Fsp3) is 0.294. The summed E-state index contributed by atoms with van der Waals surface area (Å²) in [6.45, 7) is 0. The Morgan fingerprint density at radius 3 is 2.05 bits per heavy atom. The van der Waals surface area contributed by atoms with Crippen LogP contribution >= 0.6 is 11.8 Å². The van der Waals surface area contributed by atoms with Crippen LogP contribution in [0.4, 0.5) is 0 Å². The lowest BCUT2D eigenvalue weighted by atomic mass is 9.98. The predicted octanol–water partition coefficient (Wildman–Crippen LogP) is 3.73. The highest BCUT2D eigenvalue weighted by atomic mass is 32.2. The van der Waals surface area contributed by atoms with Crippen molar-refractivity contribution in [2.75, 3.05) is 27.5 Å². The molecule has 112 valence electrons. The van der Waals surface area contributed by atoms with Crippen LogP contribution < -0.4 is 14.8 Å². The molecule has 0 bridgehead atoms. The van der Waals surface area contributed by atoms with E-state index in [2.05, 4.69) is 41.9 Å². The van der Waals surface area contributed by atoms with E-state index >= 15 is 0 Å². The Hall–Kier alpha value is -1.65. The lowest BCUT2D eigenvalue weighted by Gasteiger charge is -2.19. The van der Waals surface area contributed by atoms with Crippen molar-refractivity contribution in [3.63, 3.8) is 0 Å². The van der Waals surface area contributed by atoms with Crippen LogP contribution in [0.5, 0.6) is 11.5 Å². The van der Waals surface area contributed by atoms with Gasteiger partial charge in [0.05, 0.1) is 20.3 Å². The van der Waals surface area contributed by atoms with Crippen molar-refractivity contribution in [2.24, 2.45) is 0 Å². The van der Waals surface area contributed by atoms with Crippen LogP contribution in [0.15, 0.2) is 47.4 Å². The Balaban J connectivity index is 2.35. The van der Waals surface area contributed by atoms with Crippen molar-refractivity contribution in [3.8, 4) is 11.5 Å². The lowest BCUT2D eigenvalue weighted by Crippen LogP contribution is -2.17. The molecule has 0 saturated carbocycles. The van der Waals surface area contributed by atoms with Crippen LogP contribution in [0.3, 0.4) is 0 Å². The van der Waals surface area contributed by atoms with Gasteiger partial charge < -0.3 is 14.8 Å². The molecule has 0 spiro atoms. The van der Waals surface area contributed by atoms with Crippen LogP contribution in [0.2, 0.25) is 0 Å². The minimum absolute atomic E-state index is 0.126. The quantitative estimate of drug-likeness (QED) is 0.824. The topological polar surface area (TPSA) is 30.5 Å². The lowest BCUT2D eigenvalue weighted by molar-refractivity contribution is 0.354. The Bertz CT molecular complexity index is 584. The second-order valence-electron chi connectivity index (χ2n) is 4.61. The van der Waals surface area contributed by atoms with Crippen molar-refractivity contribution in [1.82, 2.24) is 5.32 Å². The van der Waals surface area contributed by atoms with Gasteiger partial charge in [-0.3, -0.25) is 0 Å². The van der Waals surface area contributed by atoms with E-state index in [0.717, 1.165) is 17.1 Å². The second kappa shape index (κ2) is 7.38. The highest BCUT2D eigenvalue weighted by Crippen LogP contribution is 2.32. The largest absolute Gasteiger partial charge is 0.493 e. The van der Waals surface area contributed by atoms with E-state index in [1.807, 2.05) is 19.2 Å². The highest BCUT2D eigenvalue weighted by molar-refractivity contribution is 7.98. The van der Waals surface area contributed by atoms with Gasteiger partial charge in [-0.05, 0) is 48.7 Å². The van der Waals surface area contributed by atoms with Crippen molar-refractivity contribution >= 4 is 11.8 Å².